The fraction of sp³-hybridized carbons (Fsp3) is 0.500. The maximum atomic E-state index is 12.5. The molecule has 1 aliphatic rings. The average Bonchev–Trinajstić information content (AvgIpc) is 2.52. The zero-order chi connectivity index (χ0) is 15.2. The monoisotopic (exact) mass is 289 g/mol. The summed E-state index contributed by atoms with van der Waals surface area (Å²) in [5, 5.41) is 2.85. The lowest BCUT2D eigenvalue weighted by molar-refractivity contribution is -0.119. The first-order valence-electron chi connectivity index (χ1n) is 7.43. The van der Waals surface area contributed by atoms with E-state index in [0.717, 1.165) is 31.5 Å². The zero-order valence-electron chi connectivity index (χ0n) is 12.5. The Labute approximate surface area is 125 Å². The van der Waals surface area contributed by atoms with Gasteiger partial charge in [-0.2, -0.15) is 0 Å². The van der Waals surface area contributed by atoms with Crippen LogP contribution < -0.4 is 11.1 Å². The van der Waals surface area contributed by atoms with Crippen molar-refractivity contribution in [2.75, 3.05) is 19.6 Å². The van der Waals surface area contributed by atoms with Gasteiger partial charge in [-0.15, -0.1) is 0 Å². The first-order chi connectivity index (χ1) is 10.1. The van der Waals surface area contributed by atoms with Crippen LogP contribution >= 0.6 is 0 Å². The second-order valence-electron chi connectivity index (χ2n) is 5.58. The third-order valence-corrected chi connectivity index (χ3v) is 3.95. The van der Waals surface area contributed by atoms with E-state index in [2.05, 4.69) is 5.32 Å². The number of nitrogens with two attached hydrogens (primary N) is 1. The first-order valence-corrected chi connectivity index (χ1v) is 7.43. The van der Waals surface area contributed by atoms with Crippen molar-refractivity contribution in [3.05, 3.63) is 35.4 Å². The average molecular weight is 289 g/mol. The molecule has 0 unspecified atom stereocenters. The predicted octanol–water partition coefficient (Wildman–Crippen LogP) is 1.13. The third-order valence-electron chi connectivity index (χ3n) is 3.95. The van der Waals surface area contributed by atoms with Gasteiger partial charge in [-0.3, -0.25) is 9.59 Å². The molecule has 3 N–H and O–H groups in total. The normalized spacial score (nSPS) is 15.8. The summed E-state index contributed by atoms with van der Waals surface area (Å²) in [6.07, 6.45) is 1.87. The molecular weight excluding hydrogens is 266 g/mol. The van der Waals surface area contributed by atoms with Gasteiger partial charge < -0.3 is 16.0 Å². The van der Waals surface area contributed by atoms with E-state index in [1.807, 2.05) is 29.2 Å². The maximum absolute atomic E-state index is 12.5. The second-order valence-corrected chi connectivity index (χ2v) is 5.58. The molecule has 1 aromatic carbocycles. The molecule has 2 rings (SSSR count). The molecule has 0 saturated carbocycles. The summed E-state index contributed by atoms with van der Waals surface area (Å²) in [6.45, 7) is 4.18. The summed E-state index contributed by atoms with van der Waals surface area (Å²) in [6, 6.07) is 7.51. The van der Waals surface area contributed by atoms with Gasteiger partial charge in [-0.25, -0.2) is 0 Å². The van der Waals surface area contributed by atoms with Crippen LogP contribution in [-0.4, -0.2) is 36.3 Å². The summed E-state index contributed by atoms with van der Waals surface area (Å²) in [5.74, 6) is 0.545. The number of piperidine rings is 1. The van der Waals surface area contributed by atoms with Crippen molar-refractivity contribution >= 4 is 11.8 Å². The van der Waals surface area contributed by atoms with Crippen molar-refractivity contribution in [2.24, 2.45) is 11.7 Å². The molecule has 21 heavy (non-hydrogen) atoms. The maximum Gasteiger partial charge on any atom is 0.253 e. The molecule has 0 aromatic heterocycles. The quantitative estimate of drug-likeness (QED) is 0.872. The minimum absolute atomic E-state index is 0.00658. The van der Waals surface area contributed by atoms with E-state index in [0.29, 0.717) is 24.6 Å². The first kappa shape index (κ1) is 15.5. The number of hydrogen-bond acceptors (Lipinski definition) is 3. The van der Waals surface area contributed by atoms with Crippen LogP contribution in [0.4, 0.5) is 0 Å². The van der Waals surface area contributed by atoms with Gasteiger partial charge in [0, 0.05) is 38.7 Å². The Morgan fingerprint density at radius 1 is 1.33 bits per heavy atom. The fourth-order valence-electron chi connectivity index (χ4n) is 2.64. The van der Waals surface area contributed by atoms with Gasteiger partial charge in [0.25, 0.3) is 5.91 Å². The highest BCUT2D eigenvalue weighted by molar-refractivity contribution is 5.94. The van der Waals surface area contributed by atoms with Crippen LogP contribution in [0.2, 0.25) is 0 Å². The molecule has 0 radical (unpaired) electrons. The van der Waals surface area contributed by atoms with Crippen LogP contribution in [0.1, 0.15) is 35.7 Å². The molecule has 114 valence electrons. The highest BCUT2D eigenvalue weighted by Gasteiger charge is 2.23. The van der Waals surface area contributed by atoms with Crippen LogP contribution in [0.5, 0.6) is 0 Å². The Hall–Kier alpha value is -1.88. The third kappa shape index (κ3) is 4.29. The highest BCUT2D eigenvalue weighted by Crippen LogP contribution is 2.19. The van der Waals surface area contributed by atoms with E-state index in [1.54, 1.807) is 0 Å². The van der Waals surface area contributed by atoms with Gasteiger partial charge in [0.1, 0.15) is 0 Å². The summed E-state index contributed by atoms with van der Waals surface area (Å²) in [4.78, 5) is 25.3. The van der Waals surface area contributed by atoms with Crippen molar-refractivity contribution in [1.82, 2.24) is 10.2 Å². The molecule has 5 nitrogen and oxygen atoms in total. The van der Waals surface area contributed by atoms with E-state index in [4.69, 9.17) is 5.73 Å². The van der Waals surface area contributed by atoms with Gasteiger partial charge in [0.2, 0.25) is 5.91 Å². The number of nitrogens with one attached hydrogen (secondary N) is 1. The molecule has 1 aliphatic heterocycles. The summed E-state index contributed by atoms with van der Waals surface area (Å²) in [7, 11) is 0. The number of nitrogens with zero attached hydrogens (tertiary/aromatic N) is 1. The molecule has 1 aromatic rings. The van der Waals surface area contributed by atoms with E-state index in [9.17, 15) is 9.59 Å². The number of rotatable bonds is 4. The minimum Gasteiger partial charge on any atom is -0.356 e. The smallest absolute Gasteiger partial charge is 0.253 e. The topological polar surface area (TPSA) is 75.4 Å². The SMILES string of the molecule is CC(=O)NCC1CCN(C(=O)c2cccc(CN)c2)CC1. The lowest BCUT2D eigenvalue weighted by Crippen LogP contribution is -2.41. The van der Waals surface area contributed by atoms with Gasteiger partial charge in [0.15, 0.2) is 0 Å². The highest BCUT2D eigenvalue weighted by atomic mass is 16.2. The standard InChI is InChI=1S/C16H23N3O2/c1-12(20)18-11-13-5-7-19(8-6-13)16(21)15-4-2-3-14(9-15)10-17/h2-4,9,13H,5-8,10-11,17H2,1H3,(H,18,20). The Morgan fingerprint density at radius 3 is 2.67 bits per heavy atom. The molecular formula is C16H23N3O2. The number of likely N-dealkylation sites (tertiary alicyclic amines) is 1. The minimum atomic E-state index is 0.00658. The van der Waals surface area contributed by atoms with Crippen LogP contribution in [-0.2, 0) is 11.3 Å². The van der Waals surface area contributed by atoms with Crippen molar-refractivity contribution in [2.45, 2.75) is 26.3 Å². The molecule has 1 fully saturated rings. The van der Waals surface area contributed by atoms with E-state index in [1.165, 1.54) is 6.92 Å². The lowest BCUT2D eigenvalue weighted by atomic mass is 9.96. The Balaban J connectivity index is 1.89. The van der Waals surface area contributed by atoms with Gasteiger partial charge >= 0.3 is 0 Å². The van der Waals surface area contributed by atoms with Crippen LogP contribution in [0.25, 0.3) is 0 Å². The van der Waals surface area contributed by atoms with E-state index < -0.39 is 0 Å². The largest absolute Gasteiger partial charge is 0.356 e. The Bertz CT molecular complexity index is 508. The molecule has 0 bridgehead atoms. The molecule has 5 heteroatoms. The van der Waals surface area contributed by atoms with Crippen molar-refractivity contribution in [1.29, 1.82) is 0 Å². The molecule has 0 spiro atoms. The van der Waals surface area contributed by atoms with Crippen molar-refractivity contribution in [3.8, 4) is 0 Å². The van der Waals surface area contributed by atoms with Gasteiger partial charge in [0.05, 0.1) is 0 Å². The Morgan fingerprint density at radius 2 is 2.05 bits per heavy atom. The molecule has 1 saturated heterocycles. The van der Waals surface area contributed by atoms with Crippen LogP contribution in [0, 0.1) is 5.92 Å². The van der Waals surface area contributed by atoms with E-state index >= 15 is 0 Å². The molecule has 1 heterocycles. The van der Waals surface area contributed by atoms with Crippen molar-refractivity contribution in [3.63, 3.8) is 0 Å². The number of hydrogen-bond donors (Lipinski definition) is 2. The summed E-state index contributed by atoms with van der Waals surface area (Å²) < 4.78 is 0. The number of carbonyl (C=O) groups is 2. The Kier molecular flexibility index (Phi) is 5.33. The summed E-state index contributed by atoms with van der Waals surface area (Å²) >= 11 is 0. The number of carbonyl (C=O) groups excluding carboxylic acids is 2. The van der Waals surface area contributed by atoms with Crippen LogP contribution in [0.15, 0.2) is 24.3 Å². The summed E-state index contributed by atoms with van der Waals surface area (Å²) in [5.41, 5.74) is 7.29. The predicted molar refractivity (Wildman–Crippen MR) is 81.6 cm³/mol. The second kappa shape index (κ2) is 7.22. The zero-order valence-corrected chi connectivity index (χ0v) is 12.5. The van der Waals surface area contributed by atoms with E-state index in [-0.39, 0.29) is 11.8 Å². The van der Waals surface area contributed by atoms with Crippen molar-refractivity contribution < 1.29 is 9.59 Å². The molecule has 0 atom stereocenters. The lowest BCUT2D eigenvalue weighted by Gasteiger charge is -2.32. The fourth-order valence-corrected chi connectivity index (χ4v) is 2.64. The van der Waals surface area contributed by atoms with Gasteiger partial charge in [-0.1, -0.05) is 12.1 Å². The molecule has 0 aliphatic carbocycles. The van der Waals surface area contributed by atoms with Gasteiger partial charge in [-0.05, 0) is 36.5 Å². The van der Waals surface area contributed by atoms with Crippen LogP contribution in [0.3, 0.4) is 0 Å². The number of benzene rings is 1. The molecule has 2 amide bonds. The number of amides is 2.